The minimum atomic E-state index is -0.430. The first kappa shape index (κ1) is 19.5. The van der Waals surface area contributed by atoms with E-state index in [1.165, 1.54) is 12.1 Å². The molecule has 0 bridgehead atoms. The van der Waals surface area contributed by atoms with Gasteiger partial charge in [0.2, 0.25) is 17.6 Å². The number of aryl methyl sites for hydroxylation is 2. The van der Waals surface area contributed by atoms with Gasteiger partial charge < -0.3 is 14.4 Å². The molecule has 28 heavy (non-hydrogen) atoms. The Bertz CT molecular complexity index is 1010. The Morgan fingerprint density at radius 3 is 2.82 bits per heavy atom. The summed E-state index contributed by atoms with van der Waals surface area (Å²) >= 11 is 0. The van der Waals surface area contributed by atoms with Gasteiger partial charge in [0.1, 0.15) is 5.82 Å². The van der Waals surface area contributed by atoms with Crippen LogP contribution in [0.15, 0.2) is 51.8 Å². The lowest BCUT2D eigenvalue weighted by Gasteiger charge is -2.09. The van der Waals surface area contributed by atoms with Gasteiger partial charge >= 0.3 is 0 Å². The Morgan fingerprint density at radius 1 is 1.21 bits per heavy atom. The fourth-order valence-electron chi connectivity index (χ4n) is 2.79. The molecule has 0 radical (unpaired) electrons. The average molecular weight is 384 g/mol. The standard InChI is InChI=1S/C20H21FN4O3/c1-14-6-4-9-19(27)25(14)13-5-12-22-17(26)10-11-18-23-20(24-28-18)15-7-2-3-8-16(15)21/h2-4,6-9H,5,10-13H2,1H3,(H,22,26). The SMILES string of the molecule is Cc1cccc(=O)n1CCCNC(=O)CCc1nc(-c2ccccc2F)no1. The van der Waals surface area contributed by atoms with Crippen molar-refractivity contribution in [2.24, 2.45) is 0 Å². The van der Waals surface area contributed by atoms with E-state index in [1.807, 2.05) is 13.0 Å². The van der Waals surface area contributed by atoms with E-state index >= 15 is 0 Å². The number of amides is 1. The van der Waals surface area contributed by atoms with Gasteiger partial charge in [-0.3, -0.25) is 9.59 Å². The van der Waals surface area contributed by atoms with E-state index in [2.05, 4.69) is 15.5 Å². The summed E-state index contributed by atoms with van der Waals surface area (Å²) in [5.41, 5.74) is 1.10. The summed E-state index contributed by atoms with van der Waals surface area (Å²) in [4.78, 5) is 27.9. The summed E-state index contributed by atoms with van der Waals surface area (Å²) in [6.07, 6.45) is 1.10. The summed E-state index contributed by atoms with van der Waals surface area (Å²) in [6.45, 7) is 2.88. The number of pyridine rings is 1. The molecule has 0 atom stereocenters. The quantitative estimate of drug-likeness (QED) is 0.603. The predicted molar refractivity (Wildman–Crippen MR) is 101 cm³/mol. The predicted octanol–water partition coefficient (Wildman–Crippen LogP) is 2.48. The lowest BCUT2D eigenvalue weighted by Crippen LogP contribution is -2.27. The Balaban J connectivity index is 1.43. The lowest BCUT2D eigenvalue weighted by atomic mass is 10.2. The maximum Gasteiger partial charge on any atom is 0.250 e. The molecule has 0 fully saturated rings. The van der Waals surface area contributed by atoms with Crippen LogP contribution in [0, 0.1) is 12.7 Å². The second-order valence-electron chi connectivity index (χ2n) is 6.35. The molecule has 2 aromatic heterocycles. The Kier molecular flexibility index (Phi) is 6.31. The van der Waals surface area contributed by atoms with Crippen LogP contribution >= 0.6 is 0 Å². The van der Waals surface area contributed by atoms with E-state index in [1.54, 1.807) is 28.8 Å². The molecule has 0 unspecified atom stereocenters. The molecule has 1 aromatic carbocycles. The molecular formula is C20H21FN4O3. The number of aromatic nitrogens is 3. The molecule has 3 rings (SSSR count). The fraction of sp³-hybridized carbons (Fsp3) is 0.300. The van der Waals surface area contributed by atoms with E-state index in [-0.39, 0.29) is 41.6 Å². The number of carbonyl (C=O) groups is 1. The van der Waals surface area contributed by atoms with Crippen LogP contribution in [0.1, 0.15) is 24.4 Å². The highest BCUT2D eigenvalue weighted by molar-refractivity contribution is 5.75. The zero-order valence-electron chi connectivity index (χ0n) is 15.5. The number of carbonyl (C=O) groups excluding carboxylic acids is 1. The van der Waals surface area contributed by atoms with Crippen molar-refractivity contribution in [3.05, 3.63) is 70.2 Å². The summed E-state index contributed by atoms with van der Waals surface area (Å²) in [7, 11) is 0. The molecule has 8 heteroatoms. The third-order valence-electron chi connectivity index (χ3n) is 4.30. The van der Waals surface area contributed by atoms with Crippen molar-refractivity contribution in [3.8, 4) is 11.4 Å². The van der Waals surface area contributed by atoms with E-state index in [0.717, 1.165) is 5.69 Å². The van der Waals surface area contributed by atoms with Crippen LogP contribution in [-0.4, -0.2) is 27.2 Å². The first-order chi connectivity index (χ1) is 13.5. The number of rotatable bonds is 8. The largest absolute Gasteiger partial charge is 0.356 e. The van der Waals surface area contributed by atoms with Crippen LogP contribution in [0.25, 0.3) is 11.4 Å². The first-order valence-corrected chi connectivity index (χ1v) is 9.05. The van der Waals surface area contributed by atoms with E-state index in [9.17, 15) is 14.0 Å². The minimum Gasteiger partial charge on any atom is -0.356 e. The molecule has 0 spiro atoms. The Morgan fingerprint density at radius 2 is 2.04 bits per heavy atom. The first-order valence-electron chi connectivity index (χ1n) is 9.05. The molecular weight excluding hydrogens is 363 g/mol. The van der Waals surface area contributed by atoms with E-state index in [4.69, 9.17) is 4.52 Å². The normalized spacial score (nSPS) is 10.8. The summed E-state index contributed by atoms with van der Waals surface area (Å²) in [5, 5.41) is 6.57. The molecule has 0 aliphatic carbocycles. The number of benzene rings is 1. The van der Waals surface area contributed by atoms with Gasteiger partial charge in [-0.25, -0.2) is 4.39 Å². The highest BCUT2D eigenvalue weighted by Gasteiger charge is 2.13. The summed E-state index contributed by atoms with van der Waals surface area (Å²) in [5.74, 6) is -0.139. The smallest absolute Gasteiger partial charge is 0.250 e. The second kappa shape index (κ2) is 9.07. The third-order valence-corrected chi connectivity index (χ3v) is 4.30. The van der Waals surface area contributed by atoms with Crippen molar-refractivity contribution in [1.82, 2.24) is 20.0 Å². The van der Waals surface area contributed by atoms with Gasteiger partial charge in [-0.2, -0.15) is 4.98 Å². The number of halogens is 1. The highest BCUT2D eigenvalue weighted by Crippen LogP contribution is 2.19. The van der Waals surface area contributed by atoms with Crippen molar-refractivity contribution >= 4 is 5.91 Å². The number of hydrogen-bond donors (Lipinski definition) is 1. The molecule has 3 aromatic rings. The molecule has 0 aliphatic rings. The zero-order valence-corrected chi connectivity index (χ0v) is 15.5. The third kappa shape index (κ3) is 4.91. The highest BCUT2D eigenvalue weighted by atomic mass is 19.1. The molecule has 7 nitrogen and oxygen atoms in total. The van der Waals surface area contributed by atoms with Crippen LogP contribution in [0.3, 0.4) is 0 Å². The van der Waals surface area contributed by atoms with Crippen LogP contribution in [0.5, 0.6) is 0 Å². The van der Waals surface area contributed by atoms with Gasteiger partial charge in [0.05, 0.1) is 5.56 Å². The van der Waals surface area contributed by atoms with Gasteiger partial charge in [0.25, 0.3) is 5.56 Å². The van der Waals surface area contributed by atoms with E-state index < -0.39 is 5.82 Å². The van der Waals surface area contributed by atoms with Gasteiger partial charge in [0.15, 0.2) is 0 Å². The summed E-state index contributed by atoms with van der Waals surface area (Å²) < 4.78 is 20.5. The molecule has 1 amide bonds. The molecule has 1 N–H and O–H groups in total. The number of nitrogens with one attached hydrogen (secondary N) is 1. The monoisotopic (exact) mass is 384 g/mol. The number of nitrogens with zero attached hydrogens (tertiary/aromatic N) is 3. The van der Waals surface area contributed by atoms with Gasteiger partial charge in [-0.1, -0.05) is 23.4 Å². The molecule has 0 saturated heterocycles. The van der Waals surface area contributed by atoms with Crippen LogP contribution in [-0.2, 0) is 17.8 Å². The van der Waals surface area contributed by atoms with Crippen LogP contribution in [0.2, 0.25) is 0 Å². The van der Waals surface area contributed by atoms with Gasteiger partial charge in [0, 0.05) is 37.7 Å². The van der Waals surface area contributed by atoms with Crippen molar-refractivity contribution < 1.29 is 13.7 Å². The number of hydrogen-bond acceptors (Lipinski definition) is 5. The van der Waals surface area contributed by atoms with Gasteiger partial charge in [-0.15, -0.1) is 0 Å². The minimum absolute atomic E-state index is 0.0478. The molecule has 0 saturated carbocycles. The Labute approximate surface area is 161 Å². The van der Waals surface area contributed by atoms with E-state index in [0.29, 0.717) is 19.5 Å². The second-order valence-corrected chi connectivity index (χ2v) is 6.35. The van der Waals surface area contributed by atoms with Crippen LogP contribution < -0.4 is 10.9 Å². The maximum atomic E-state index is 13.7. The zero-order chi connectivity index (χ0) is 19.9. The maximum absolute atomic E-state index is 13.7. The molecule has 2 heterocycles. The lowest BCUT2D eigenvalue weighted by molar-refractivity contribution is -0.121. The van der Waals surface area contributed by atoms with Crippen molar-refractivity contribution in [3.63, 3.8) is 0 Å². The van der Waals surface area contributed by atoms with Crippen molar-refractivity contribution in [2.75, 3.05) is 6.54 Å². The molecule has 0 aliphatic heterocycles. The van der Waals surface area contributed by atoms with Crippen molar-refractivity contribution in [2.45, 2.75) is 32.7 Å². The van der Waals surface area contributed by atoms with Crippen molar-refractivity contribution in [1.29, 1.82) is 0 Å². The Hall–Kier alpha value is -3.29. The average Bonchev–Trinajstić information content (AvgIpc) is 3.14. The molecule has 146 valence electrons. The summed E-state index contributed by atoms with van der Waals surface area (Å²) in [6, 6.07) is 11.3. The fourth-order valence-corrected chi connectivity index (χ4v) is 2.79. The van der Waals surface area contributed by atoms with Crippen LogP contribution in [0.4, 0.5) is 4.39 Å². The topological polar surface area (TPSA) is 90.0 Å². The van der Waals surface area contributed by atoms with Gasteiger partial charge in [-0.05, 0) is 31.5 Å².